The Hall–Kier alpha value is -1.58. The zero-order valence-corrected chi connectivity index (χ0v) is 9.58. The number of carboxylic acids is 1. The van der Waals surface area contributed by atoms with Crippen molar-refractivity contribution < 1.29 is 19.0 Å². The van der Waals surface area contributed by atoms with Gasteiger partial charge in [0.25, 0.3) is 0 Å². The number of rotatable bonds is 4. The predicted molar refractivity (Wildman–Crippen MR) is 58.1 cm³/mol. The van der Waals surface area contributed by atoms with Gasteiger partial charge in [-0.25, -0.2) is 4.39 Å². The lowest BCUT2D eigenvalue weighted by Crippen LogP contribution is -2.26. The predicted octanol–water partition coefficient (Wildman–Crippen LogP) is 2.49. The highest BCUT2D eigenvalue weighted by Gasteiger charge is 2.27. The fraction of sp³-hybridized carbons (Fsp3) is 0.417. The lowest BCUT2D eigenvalue weighted by Gasteiger charge is -2.19. The monoisotopic (exact) mass is 226 g/mol. The number of ether oxygens (including phenoxy) is 1. The van der Waals surface area contributed by atoms with E-state index in [4.69, 9.17) is 9.84 Å². The minimum atomic E-state index is -0.918. The van der Waals surface area contributed by atoms with E-state index in [2.05, 4.69) is 0 Å². The first-order valence-electron chi connectivity index (χ1n) is 4.92. The lowest BCUT2D eigenvalue weighted by atomic mass is 9.86. The van der Waals surface area contributed by atoms with Crippen molar-refractivity contribution in [1.82, 2.24) is 0 Å². The second-order valence-corrected chi connectivity index (χ2v) is 4.37. The van der Waals surface area contributed by atoms with Crippen molar-refractivity contribution in [2.24, 2.45) is 5.41 Å². The Labute approximate surface area is 93.9 Å². The van der Waals surface area contributed by atoms with Gasteiger partial charge >= 0.3 is 5.97 Å². The van der Waals surface area contributed by atoms with Crippen LogP contribution in [0.2, 0.25) is 0 Å². The van der Waals surface area contributed by atoms with E-state index < -0.39 is 17.2 Å². The zero-order valence-electron chi connectivity index (χ0n) is 9.58. The summed E-state index contributed by atoms with van der Waals surface area (Å²) in [7, 11) is 1.45. The molecule has 0 aliphatic carbocycles. The van der Waals surface area contributed by atoms with Gasteiger partial charge in [0.2, 0.25) is 0 Å². The van der Waals surface area contributed by atoms with E-state index in [0.717, 1.165) is 0 Å². The minimum Gasteiger partial charge on any atom is -0.497 e. The van der Waals surface area contributed by atoms with Gasteiger partial charge in [0, 0.05) is 6.07 Å². The van der Waals surface area contributed by atoms with Crippen LogP contribution in [0, 0.1) is 11.2 Å². The molecule has 1 rings (SSSR count). The number of carbonyl (C=O) groups is 1. The van der Waals surface area contributed by atoms with Crippen LogP contribution in [0.1, 0.15) is 19.4 Å². The van der Waals surface area contributed by atoms with Crippen molar-refractivity contribution in [3.05, 3.63) is 29.6 Å². The first-order valence-corrected chi connectivity index (χ1v) is 4.92. The molecule has 0 amide bonds. The number of hydrogen-bond acceptors (Lipinski definition) is 2. The summed E-state index contributed by atoms with van der Waals surface area (Å²) in [6.07, 6.45) is 0.260. The molecular formula is C12H15FO3. The Morgan fingerprint density at radius 1 is 1.44 bits per heavy atom. The second kappa shape index (κ2) is 4.51. The Kier molecular flexibility index (Phi) is 3.52. The van der Waals surface area contributed by atoms with Crippen LogP contribution in [0.25, 0.3) is 0 Å². The molecule has 0 fully saturated rings. The summed E-state index contributed by atoms with van der Waals surface area (Å²) in [5, 5.41) is 8.97. The molecule has 3 nitrogen and oxygen atoms in total. The third-order valence-corrected chi connectivity index (χ3v) is 2.39. The molecule has 0 heterocycles. The number of benzene rings is 1. The Morgan fingerprint density at radius 2 is 2.06 bits per heavy atom. The highest BCUT2D eigenvalue weighted by Crippen LogP contribution is 2.25. The molecule has 4 heteroatoms. The molecule has 16 heavy (non-hydrogen) atoms. The Morgan fingerprint density at radius 3 is 2.56 bits per heavy atom. The number of hydrogen-bond donors (Lipinski definition) is 1. The van der Waals surface area contributed by atoms with Gasteiger partial charge in [0.05, 0.1) is 12.5 Å². The van der Waals surface area contributed by atoms with E-state index >= 15 is 0 Å². The van der Waals surface area contributed by atoms with Crippen LogP contribution < -0.4 is 4.74 Å². The molecule has 0 aliphatic heterocycles. The van der Waals surface area contributed by atoms with E-state index in [1.807, 2.05) is 0 Å². The quantitative estimate of drug-likeness (QED) is 0.857. The summed E-state index contributed by atoms with van der Waals surface area (Å²) in [4.78, 5) is 10.9. The van der Waals surface area contributed by atoms with Gasteiger partial charge in [0.15, 0.2) is 0 Å². The molecule has 1 N–H and O–H groups in total. The summed E-state index contributed by atoms with van der Waals surface area (Å²) in [5.74, 6) is -0.928. The zero-order chi connectivity index (χ0) is 12.3. The molecule has 0 bridgehead atoms. The van der Waals surface area contributed by atoms with Crippen molar-refractivity contribution in [2.75, 3.05) is 7.11 Å². The number of aliphatic carboxylic acids is 1. The normalized spacial score (nSPS) is 11.2. The molecule has 0 atom stereocenters. The van der Waals surface area contributed by atoms with Gasteiger partial charge in [-0.3, -0.25) is 4.79 Å². The van der Waals surface area contributed by atoms with Crippen molar-refractivity contribution in [2.45, 2.75) is 20.3 Å². The molecule has 1 aromatic carbocycles. The first-order chi connectivity index (χ1) is 7.35. The van der Waals surface area contributed by atoms with E-state index in [9.17, 15) is 9.18 Å². The lowest BCUT2D eigenvalue weighted by molar-refractivity contribution is -0.146. The number of methoxy groups -OCH3 is 1. The van der Waals surface area contributed by atoms with Crippen molar-refractivity contribution in [1.29, 1.82) is 0 Å². The Bertz CT molecular complexity index is 399. The van der Waals surface area contributed by atoms with Gasteiger partial charge < -0.3 is 9.84 Å². The highest BCUT2D eigenvalue weighted by atomic mass is 19.1. The molecule has 0 unspecified atom stereocenters. The number of carboxylic acid groups (broad SMARTS) is 1. The fourth-order valence-corrected chi connectivity index (χ4v) is 1.43. The van der Waals surface area contributed by atoms with Crippen LogP contribution >= 0.6 is 0 Å². The molecule has 0 saturated heterocycles. The second-order valence-electron chi connectivity index (χ2n) is 4.37. The largest absolute Gasteiger partial charge is 0.497 e. The summed E-state index contributed by atoms with van der Waals surface area (Å²) < 4.78 is 18.1. The van der Waals surface area contributed by atoms with Crippen LogP contribution in [0.15, 0.2) is 18.2 Å². The third kappa shape index (κ3) is 2.95. The average Bonchev–Trinajstić information content (AvgIpc) is 2.15. The molecule has 88 valence electrons. The molecule has 0 aromatic heterocycles. The third-order valence-electron chi connectivity index (χ3n) is 2.39. The van der Waals surface area contributed by atoms with E-state index in [1.54, 1.807) is 19.9 Å². The standard InChI is InChI=1S/C12H15FO3/c1-12(2,11(14)15)7-8-4-9(13)6-10(5-8)16-3/h4-6H,7H2,1-3H3,(H,14,15). The smallest absolute Gasteiger partial charge is 0.309 e. The first kappa shape index (κ1) is 12.5. The van der Waals surface area contributed by atoms with Gasteiger partial charge in [-0.2, -0.15) is 0 Å². The van der Waals surface area contributed by atoms with E-state index in [0.29, 0.717) is 11.3 Å². The maximum absolute atomic E-state index is 13.2. The SMILES string of the molecule is COc1cc(F)cc(CC(C)(C)C(=O)O)c1. The molecule has 0 radical (unpaired) electrons. The summed E-state index contributed by atoms with van der Waals surface area (Å²) >= 11 is 0. The van der Waals surface area contributed by atoms with Crippen LogP contribution in [0.5, 0.6) is 5.75 Å². The maximum Gasteiger partial charge on any atom is 0.309 e. The van der Waals surface area contributed by atoms with Crippen molar-refractivity contribution in [3.8, 4) is 5.75 Å². The van der Waals surface area contributed by atoms with E-state index in [1.165, 1.54) is 19.2 Å². The maximum atomic E-state index is 13.2. The molecule has 0 spiro atoms. The highest BCUT2D eigenvalue weighted by molar-refractivity contribution is 5.74. The molecule has 1 aromatic rings. The average molecular weight is 226 g/mol. The molecular weight excluding hydrogens is 211 g/mol. The van der Waals surface area contributed by atoms with Crippen LogP contribution in [0.3, 0.4) is 0 Å². The topological polar surface area (TPSA) is 46.5 Å². The van der Waals surface area contributed by atoms with Gasteiger partial charge in [0.1, 0.15) is 11.6 Å². The van der Waals surface area contributed by atoms with Gasteiger partial charge in [-0.1, -0.05) is 0 Å². The minimum absolute atomic E-state index is 0.260. The van der Waals surface area contributed by atoms with Gasteiger partial charge in [-0.05, 0) is 38.0 Å². The summed E-state index contributed by atoms with van der Waals surface area (Å²) in [5.41, 5.74) is -0.303. The summed E-state index contributed by atoms with van der Waals surface area (Å²) in [6.45, 7) is 3.21. The summed E-state index contributed by atoms with van der Waals surface area (Å²) in [6, 6.07) is 4.23. The van der Waals surface area contributed by atoms with Crippen LogP contribution in [0.4, 0.5) is 4.39 Å². The van der Waals surface area contributed by atoms with Crippen LogP contribution in [-0.2, 0) is 11.2 Å². The Balaban J connectivity index is 2.97. The van der Waals surface area contributed by atoms with E-state index in [-0.39, 0.29) is 6.42 Å². The van der Waals surface area contributed by atoms with Gasteiger partial charge in [-0.15, -0.1) is 0 Å². The number of halogens is 1. The van der Waals surface area contributed by atoms with Crippen LogP contribution in [-0.4, -0.2) is 18.2 Å². The molecule has 0 aliphatic rings. The molecule has 0 saturated carbocycles. The fourth-order valence-electron chi connectivity index (χ4n) is 1.43. The van der Waals surface area contributed by atoms with Crippen molar-refractivity contribution in [3.63, 3.8) is 0 Å². The van der Waals surface area contributed by atoms with Crippen molar-refractivity contribution >= 4 is 5.97 Å².